The highest BCUT2D eigenvalue weighted by Gasteiger charge is 2.07. The number of nitrogens with zero attached hydrogens (tertiary/aromatic N) is 3. The van der Waals surface area contributed by atoms with Crippen molar-refractivity contribution in [2.75, 3.05) is 5.32 Å². The van der Waals surface area contributed by atoms with Crippen LogP contribution >= 0.6 is 0 Å². The summed E-state index contributed by atoms with van der Waals surface area (Å²) in [7, 11) is 0. The quantitative estimate of drug-likeness (QED) is 0.427. The molecule has 0 saturated carbocycles. The van der Waals surface area contributed by atoms with E-state index in [9.17, 15) is 4.39 Å². The van der Waals surface area contributed by atoms with Crippen LogP contribution in [-0.4, -0.2) is 19.9 Å². The van der Waals surface area contributed by atoms with Crippen molar-refractivity contribution in [2.24, 2.45) is 0 Å². The van der Waals surface area contributed by atoms with E-state index in [1.807, 2.05) is 54.6 Å². The Bertz CT molecular complexity index is 1280. The third-order valence-corrected chi connectivity index (χ3v) is 4.63. The average molecular weight is 381 g/mol. The summed E-state index contributed by atoms with van der Waals surface area (Å²) in [6.45, 7) is 0. The number of rotatable bonds is 4. The van der Waals surface area contributed by atoms with Gasteiger partial charge in [-0.25, -0.2) is 19.3 Å². The summed E-state index contributed by atoms with van der Waals surface area (Å²) in [6.07, 6.45) is 3.27. The largest absolute Gasteiger partial charge is 0.356 e. The standard InChI is InChI=1S/C23H16FN5/c24-17-6-9-21-22(13-17)29-23(28-21)16-2-1-3-19(12-16)27-18-7-4-15(5-8-18)20-10-11-25-14-26-20/h1-14,27H,(H,28,29). The van der Waals surface area contributed by atoms with Crippen molar-refractivity contribution < 1.29 is 4.39 Å². The van der Waals surface area contributed by atoms with Crippen molar-refractivity contribution in [2.45, 2.75) is 0 Å². The van der Waals surface area contributed by atoms with Crippen molar-refractivity contribution in [3.63, 3.8) is 0 Å². The molecule has 0 spiro atoms. The molecule has 0 fully saturated rings. The summed E-state index contributed by atoms with van der Waals surface area (Å²) < 4.78 is 13.4. The van der Waals surface area contributed by atoms with E-state index in [4.69, 9.17) is 0 Å². The van der Waals surface area contributed by atoms with Crippen molar-refractivity contribution in [3.8, 4) is 22.6 Å². The molecule has 0 aliphatic rings. The van der Waals surface area contributed by atoms with Crippen LogP contribution in [0.5, 0.6) is 0 Å². The van der Waals surface area contributed by atoms with E-state index >= 15 is 0 Å². The van der Waals surface area contributed by atoms with Gasteiger partial charge in [0.05, 0.1) is 16.7 Å². The lowest BCUT2D eigenvalue weighted by atomic mass is 10.1. The topological polar surface area (TPSA) is 66.5 Å². The van der Waals surface area contributed by atoms with E-state index in [2.05, 4.69) is 25.3 Å². The van der Waals surface area contributed by atoms with Gasteiger partial charge in [0, 0.05) is 28.7 Å². The van der Waals surface area contributed by atoms with Gasteiger partial charge in [-0.3, -0.25) is 0 Å². The van der Waals surface area contributed by atoms with E-state index in [0.717, 1.165) is 33.7 Å². The second kappa shape index (κ2) is 7.16. The molecule has 0 amide bonds. The molecule has 6 heteroatoms. The highest BCUT2D eigenvalue weighted by atomic mass is 19.1. The van der Waals surface area contributed by atoms with Crippen LogP contribution in [0.2, 0.25) is 0 Å². The zero-order chi connectivity index (χ0) is 19.6. The van der Waals surface area contributed by atoms with Crippen molar-refractivity contribution in [1.82, 2.24) is 19.9 Å². The first-order chi connectivity index (χ1) is 14.2. The molecule has 2 aromatic heterocycles. The Morgan fingerprint density at radius 1 is 0.828 bits per heavy atom. The van der Waals surface area contributed by atoms with Gasteiger partial charge in [0.25, 0.3) is 0 Å². The fraction of sp³-hybridized carbons (Fsp3) is 0. The molecule has 0 radical (unpaired) electrons. The lowest BCUT2D eigenvalue weighted by molar-refractivity contribution is 0.629. The zero-order valence-electron chi connectivity index (χ0n) is 15.3. The van der Waals surface area contributed by atoms with Gasteiger partial charge in [-0.15, -0.1) is 0 Å². The van der Waals surface area contributed by atoms with Gasteiger partial charge < -0.3 is 10.3 Å². The zero-order valence-corrected chi connectivity index (χ0v) is 15.3. The third kappa shape index (κ3) is 3.55. The monoisotopic (exact) mass is 381 g/mol. The van der Waals surface area contributed by atoms with E-state index in [1.165, 1.54) is 12.1 Å². The Morgan fingerprint density at radius 2 is 1.72 bits per heavy atom. The van der Waals surface area contributed by atoms with E-state index in [-0.39, 0.29) is 5.82 Å². The predicted molar refractivity (Wildman–Crippen MR) is 112 cm³/mol. The summed E-state index contributed by atoms with van der Waals surface area (Å²) in [5.74, 6) is 0.418. The van der Waals surface area contributed by atoms with Gasteiger partial charge in [0.2, 0.25) is 0 Å². The van der Waals surface area contributed by atoms with Crippen LogP contribution in [-0.2, 0) is 0 Å². The maximum Gasteiger partial charge on any atom is 0.138 e. The van der Waals surface area contributed by atoms with Crippen LogP contribution in [0.4, 0.5) is 15.8 Å². The van der Waals surface area contributed by atoms with E-state index < -0.39 is 0 Å². The maximum atomic E-state index is 13.4. The molecule has 2 N–H and O–H groups in total. The molecule has 0 saturated heterocycles. The number of halogens is 1. The molecule has 3 aromatic carbocycles. The SMILES string of the molecule is Fc1ccc2nc(-c3cccc(Nc4ccc(-c5ccncn5)cc4)c3)[nH]c2c1. The molecule has 29 heavy (non-hydrogen) atoms. The molecule has 5 aromatic rings. The van der Waals surface area contributed by atoms with Crippen LogP contribution < -0.4 is 5.32 Å². The first-order valence-electron chi connectivity index (χ1n) is 9.14. The van der Waals surface area contributed by atoms with Crippen molar-refractivity contribution >= 4 is 22.4 Å². The van der Waals surface area contributed by atoms with Gasteiger partial charge in [-0.1, -0.05) is 24.3 Å². The fourth-order valence-electron chi connectivity index (χ4n) is 3.22. The average Bonchev–Trinajstić information content (AvgIpc) is 3.18. The lowest BCUT2D eigenvalue weighted by Gasteiger charge is -2.09. The Labute approximate surface area is 166 Å². The van der Waals surface area contributed by atoms with Gasteiger partial charge in [0.1, 0.15) is 18.0 Å². The first kappa shape index (κ1) is 17.1. The number of benzene rings is 3. The number of nitrogens with one attached hydrogen (secondary N) is 2. The minimum Gasteiger partial charge on any atom is -0.356 e. The molecular formula is C23H16FN5. The van der Waals surface area contributed by atoms with Gasteiger partial charge in [-0.2, -0.15) is 0 Å². The van der Waals surface area contributed by atoms with Crippen molar-refractivity contribution in [1.29, 1.82) is 0 Å². The first-order valence-corrected chi connectivity index (χ1v) is 9.14. The second-order valence-corrected chi connectivity index (χ2v) is 6.62. The Kier molecular flexibility index (Phi) is 4.22. The van der Waals surface area contributed by atoms with Gasteiger partial charge >= 0.3 is 0 Å². The number of aromatic nitrogens is 4. The molecule has 0 atom stereocenters. The highest BCUT2D eigenvalue weighted by Crippen LogP contribution is 2.26. The Morgan fingerprint density at radius 3 is 2.55 bits per heavy atom. The molecule has 0 aliphatic carbocycles. The molecule has 0 aliphatic heterocycles. The Hall–Kier alpha value is -4.06. The summed E-state index contributed by atoms with van der Waals surface area (Å²) in [5, 5.41) is 3.40. The number of hydrogen-bond donors (Lipinski definition) is 2. The van der Waals surface area contributed by atoms with Crippen LogP contribution in [0.15, 0.2) is 85.3 Å². The summed E-state index contributed by atoms with van der Waals surface area (Å²) >= 11 is 0. The maximum absolute atomic E-state index is 13.4. The molecule has 5 rings (SSSR count). The van der Waals surface area contributed by atoms with Crippen LogP contribution in [0, 0.1) is 5.82 Å². The minimum atomic E-state index is -0.284. The van der Waals surface area contributed by atoms with Gasteiger partial charge in [-0.05, 0) is 48.5 Å². The Balaban J connectivity index is 1.39. The molecule has 2 heterocycles. The summed E-state index contributed by atoms with van der Waals surface area (Å²) in [6, 6.07) is 22.4. The number of H-pyrrole nitrogens is 1. The molecular weight excluding hydrogens is 365 g/mol. The van der Waals surface area contributed by atoms with Gasteiger partial charge in [0.15, 0.2) is 0 Å². The predicted octanol–water partition coefficient (Wildman–Crippen LogP) is 5.57. The highest BCUT2D eigenvalue weighted by molar-refractivity contribution is 5.80. The lowest BCUT2D eigenvalue weighted by Crippen LogP contribution is -1.91. The number of fused-ring (bicyclic) bond motifs is 1. The smallest absolute Gasteiger partial charge is 0.138 e. The van der Waals surface area contributed by atoms with Crippen LogP contribution in [0.1, 0.15) is 0 Å². The number of anilines is 2. The number of aromatic amines is 1. The summed E-state index contributed by atoms with van der Waals surface area (Å²) in [4.78, 5) is 15.9. The number of hydrogen-bond acceptors (Lipinski definition) is 4. The number of imidazole rings is 1. The van der Waals surface area contributed by atoms with E-state index in [0.29, 0.717) is 11.3 Å². The summed E-state index contributed by atoms with van der Waals surface area (Å²) in [5.41, 5.74) is 6.15. The fourth-order valence-corrected chi connectivity index (χ4v) is 3.22. The molecule has 5 nitrogen and oxygen atoms in total. The van der Waals surface area contributed by atoms with Crippen molar-refractivity contribution in [3.05, 3.63) is 91.1 Å². The minimum absolute atomic E-state index is 0.284. The van der Waals surface area contributed by atoms with Crippen LogP contribution in [0.25, 0.3) is 33.7 Å². The molecule has 0 bridgehead atoms. The third-order valence-electron chi connectivity index (χ3n) is 4.63. The molecule has 0 unspecified atom stereocenters. The normalized spacial score (nSPS) is 10.9. The second-order valence-electron chi connectivity index (χ2n) is 6.62. The molecule has 140 valence electrons. The van der Waals surface area contributed by atoms with Crippen LogP contribution in [0.3, 0.4) is 0 Å². The van der Waals surface area contributed by atoms with E-state index in [1.54, 1.807) is 18.6 Å².